The highest BCUT2D eigenvalue weighted by atomic mass is 16.5. The molecule has 6 heteroatoms. The number of urea groups is 1. The molecule has 160 valence electrons. The molecule has 1 aliphatic heterocycles. The van der Waals surface area contributed by atoms with Crippen LogP contribution >= 0.6 is 0 Å². The number of benzene rings is 1. The van der Waals surface area contributed by atoms with Gasteiger partial charge in [-0.05, 0) is 48.9 Å². The van der Waals surface area contributed by atoms with Crippen LogP contribution < -0.4 is 14.8 Å². The minimum Gasteiger partial charge on any atom is -0.494 e. The highest BCUT2D eigenvalue weighted by Crippen LogP contribution is 2.23. The smallest absolute Gasteiger partial charge is 0.321 e. The number of carbonyl (C=O) groups is 1. The van der Waals surface area contributed by atoms with Crippen molar-refractivity contribution in [3.8, 4) is 11.6 Å². The van der Waals surface area contributed by atoms with E-state index in [1.54, 1.807) is 25.4 Å². The van der Waals surface area contributed by atoms with Crippen LogP contribution in [0.1, 0.15) is 38.7 Å². The SMILES string of the molecule is COc1ccc(NC(=O)N2CCC(=Cc3cccc(OCCC(C)C)c3)CC2)cn1. The number of carbonyl (C=O) groups excluding carboxylic acids is 1. The molecule has 0 atom stereocenters. The third-order valence-corrected chi connectivity index (χ3v) is 5.08. The van der Waals surface area contributed by atoms with Crippen LogP contribution in [0.4, 0.5) is 10.5 Å². The maximum absolute atomic E-state index is 12.5. The van der Waals surface area contributed by atoms with E-state index in [1.165, 1.54) is 5.57 Å². The largest absolute Gasteiger partial charge is 0.494 e. The second-order valence-corrected chi connectivity index (χ2v) is 7.91. The first-order valence-electron chi connectivity index (χ1n) is 10.5. The first-order valence-corrected chi connectivity index (χ1v) is 10.5. The van der Waals surface area contributed by atoms with Gasteiger partial charge in [0.25, 0.3) is 0 Å². The fraction of sp³-hybridized carbons (Fsp3) is 0.417. The monoisotopic (exact) mass is 409 g/mol. The van der Waals surface area contributed by atoms with Gasteiger partial charge < -0.3 is 19.7 Å². The Labute approximate surface area is 178 Å². The van der Waals surface area contributed by atoms with E-state index in [-0.39, 0.29) is 6.03 Å². The lowest BCUT2D eigenvalue weighted by Gasteiger charge is -2.28. The second-order valence-electron chi connectivity index (χ2n) is 7.91. The van der Waals surface area contributed by atoms with Gasteiger partial charge in [0.05, 0.1) is 25.6 Å². The van der Waals surface area contributed by atoms with Gasteiger partial charge >= 0.3 is 6.03 Å². The molecule has 1 fully saturated rings. The normalized spacial score (nSPS) is 13.9. The molecule has 0 radical (unpaired) electrons. The van der Waals surface area contributed by atoms with Crippen molar-refractivity contribution in [2.75, 3.05) is 32.1 Å². The molecule has 0 aliphatic carbocycles. The number of hydrogen-bond acceptors (Lipinski definition) is 4. The van der Waals surface area contributed by atoms with Gasteiger partial charge in [0.15, 0.2) is 0 Å². The van der Waals surface area contributed by atoms with E-state index in [0.29, 0.717) is 30.6 Å². The standard InChI is InChI=1S/C24H31N3O3/c1-18(2)11-14-30-22-6-4-5-20(16-22)15-19-9-12-27(13-10-19)24(28)26-21-7-8-23(29-3)25-17-21/h4-8,15-18H,9-14H2,1-3H3,(H,26,28). The fourth-order valence-electron chi connectivity index (χ4n) is 3.26. The van der Waals surface area contributed by atoms with Crippen LogP contribution in [0, 0.1) is 5.92 Å². The Balaban J connectivity index is 1.50. The van der Waals surface area contributed by atoms with Gasteiger partial charge in [-0.3, -0.25) is 0 Å². The lowest BCUT2D eigenvalue weighted by molar-refractivity contribution is 0.208. The maximum atomic E-state index is 12.5. The zero-order valence-corrected chi connectivity index (χ0v) is 18.1. The Bertz CT molecular complexity index is 852. The molecule has 1 aromatic heterocycles. The summed E-state index contributed by atoms with van der Waals surface area (Å²) in [7, 11) is 1.57. The zero-order chi connectivity index (χ0) is 21.3. The van der Waals surface area contributed by atoms with Crippen molar-refractivity contribution >= 4 is 17.8 Å². The Morgan fingerprint density at radius 2 is 2.03 bits per heavy atom. The van der Waals surface area contributed by atoms with E-state index < -0.39 is 0 Å². The van der Waals surface area contributed by atoms with Crippen molar-refractivity contribution in [3.05, 3.63) is 53.7 Å². The van der Waals surface area contributed by atoms with Crippen molar-refractivity contribution in [3.63, 3.8) is 0 Å². The molecule has 30 heavy (non-hydrogen) atoms. The topological polar surface area (TPSA) is 63.7 Å². The predicted molar refractivity (Wildman–Crippen MR) is 120 cm³/mol. The summed E-state index contributed by atoms with van der Waals surface area (Å²) in [6.07, 6.45) is 6.61. The van der Waals surface area contributed by atoms with Crippen LogP contribution in [0.2, 0.25) is 0 Å². The van der Waals surface area contributed by atoms with Crippen LogP contribution in [-0.2, 0) is 0 Å². The predicted octanol–water partition coefficient (Wildman–Crippen LogP) is 5.23. The number of nitrogens with zero attached hydrogens (tertiary/aromatic N) is 2. The number of amides is 2. The summed E-state index contributed by atoms with van der Waals surface area (Å²) in [6.45, 7) is 6.54. The van der Waals surface area contributed by atoms with Gasteiger partial charge in [-0.25, -0.2) is 9.78 Å². The number of likely N-dealkylation sites (tertiary alicyclic amines) is 1. The summed E-state index contributed by atoms with van der Waals surface area (Å²) >= 11 is 0. The Morgan fingerprint density at radius 3 is 2.70 bits per heavy atom. The molecule has 1 saturated heterocycles. The molecule has 1 aromatic carbocycles. The number of ether oxygens (including phenoxy) is 2. The number of hydrogen-bond donors (Lipinski definition) is 1. The average molecular weight is 410 g/mol. The van der Waals surface area contributed by atoms with Gasteiger partial charge in [0.2, 0.25) is 5.88 Å². The first-order chi connectivity index (χ1) is 14.5. The van der Waals surface area contributed by atoms with Crippen molar-refractivity contribution in [1.82, 2.24) is 9.88 Å². The molecular formula is C24H31N3O3. The Morgan fingerprint density at radius 1 is 1.23 bits per heavy atom. The number of anilines is 1. The summed E-state index contributed by atoms with van der Waals surface area (Å²) in [6, 6.07) is 11.6. The van der Waals surface area contributed by atoms with E-state index in [2.05, 4.69) is 42.4 Å². The van der Waals surface area contributed by atoms with Crippen molar-refractivity contribution in [1.29, 1.82) is 0 Å². The third-order valence-electron chi connectivity index (χ3n) is 5.08. The van der Waals surface area contributed by atoms with E-state index in [1.807, 2.05) is 17.0 Å². The summed E-state index contributed by atoms with van der Waals surface area (Å²) in [4.78, 5) is 18.5. The van der Waals surface area contributed by atoms with Crippen molar-refractivity contribution in [2.24, 2.45) is 5.92 Å². The molecule has 6 nitrogen and oxygen atoms in total. The average Bonchev–Trinajstić information content (AvgIpc) is 2.75. The number of rotatable bonds is 7. The maximum Gasteiger partial charge on any atom is 0.321 e. The highest BCUT2D eigenvalue weighted by Gasteiger charge is 2.19. The van der Waals surface area contributed by atoms with Crippen LogP contribution in [0.3, 0.4) is 0 Å². The summed E-state index contributed by atoms with van der Waals surface area (Å²) < 4.78 is 10.9. The van der Waals surface area contributed by atoms with Crippen LogP contribution in [0.15, 0.2) is 48.2 Å². The molecule has 1 N–H and O–H groups in total. The van der Waals surface area contributed by atoms with Gasteiger partial charge in [-0.15, -0.1) is 0 Å². The van der Waals surface area contributed by atoms with E-state index >= 15 is 0 Å². The first kappa shape index (κ1) is 21.7. The van der Waals surface area contributed by atoms with Gasteiger partial charge in [0.1, 0.15) is 5.75 Å². The molecular weight excluding hydrogens is 378 g/mol. The molecule has 0 bridgehead atoms. The van der Waals surface area contributed by atoms with Gasteiger partial charge in [-0.1, -0.05) is 37.6 Å². The zero-order valence-electron chi connectivity index (χ0n) is 18.1. The molecule has 2 amide bonds. The molecule has 0 saturated carbocycles. The Kier molecular flexibility index (Phi) is 7.71. The van der Waals surface area contributed by atoms with Crippen LogP contribution in [-0.4, -0.2) is 42.7 Å². The third kappa shape index (κ3) is 6.51. The molecule has 3 rings (SSSR count). The number of pyridine rings is 1. The van der Waals surface area contributed by atoms with Crippen LogP contribution in [0.25, 0.3) is 6.08 Å². The van der Waals surface area contributed by atoms with E-state index in [9.17, 15) is 4.79 Å². The van der Waals surface area contributed by atoms with Gasteiger partial charge in [-0.2, -0.15) is 0 Å². The lowest BCUT2D eigenvalue weighted by Crippen LogP contribution is -2.39. The molecule has 2 heterocycles. The number of nitrogens with one attached hydrogen (secondary N) is 1. The molecule has 0 unspecified atom stereocenters. The number of methoxy groups -OCH3 is 1. The lowest BCUT2D eigenvalue weighted by atomic mass is 10.0. The molecule has 1 aliphatic rings. The fourth-order valence-corrected chi connectivity index (χ4v) is 3.26. The number of aromatic nitrogens is 1. The summed E-state index contributed by atoms with van der Waals surface area (Å²) in [5, 5.41) is 2.90. The van der Waals surface area contributed by atoms with E-state index in [0.717, 1.165) is 37.2 Å². The van der Waals surface area contributed by atoms with E-state index in [4.69, 9.17) is 9.47 Å². The molecule has 2 aromatic rings. The highest BCUT2D eigenvalue weighted by molar-refractivity contribution is 5.89. The van der Waals surface area contributed by atoms with Gasteiger partial charge in [0, 0.05) is 19.2 Å². The number of piperidine rings is 1. The van der Waals surface area contributed by atoms with Crippen molar-refractivity contribution in [2.45, 2.75) is 33.1 Å². The van der Waals surface area contributed by atoms with Crippen molar-refractivity contribution < 1.29 is 14.3 Å². The summed E-state index contributed by atoms with van der Waals surface area (Å²) in [5.41, 5.74) is 3.16. The Hall–Kier alpha value is -3.02. The second kappa shape index (κ2) is 10.7. The summed E-state index contributed by atoms with van der Waals surface area (Å²) in [5.74, 6) is 2.07. The minimum absolute atomic E-state index is 0.0958. The van der Waals surface area contributed by atoms with Crippen LogP contribution in [0.5, 0.6) is 11.6 Å². The quantitative estimate of drug-likeness (QED) is 0.680. The minimum atomic E-state index is -0.0958. The molecule has 0 spiro atoms.